The van der Waals surface area contributed by atoms with E-state index in [9.17, 15) is 14.0 Å². The summed E-state index contributed by atoms with van der Waals surface area (Å²) in [5.74, 6) is -2.89. The zero-order valence-corrected chi connectivity index (χ0v) is 9.58. The van der Waals surface area contributed by atoms with Gasteiger partial charge in [0.15, 0.2) is 0 Å². The van der Waals surface area contributed by atoms with Gasteiger partial charge in [-0.15, -0.1) is 0 Å². The highest BCUT2D eigenvalue weighted by Crippen LogP contribution is 2.18. The number of carbonyl (C=O) groups is 2. The van der Waals surface area contributed by atoms with Crippen LogP contribution in [-0.4, -0.2) is 31.7 Å². The summed E-state index contributed by atoms with van der Waals surface area (Å²) >= 11 is 0. The van der Waals surface area contributed by atoms with Crippen molar-refractivity contribution in [1.29, 1.82) is 0 Å². The standard InChI is InChI=1S/C11H9FN4O3/c12-7-2-1-3-8(10(7)11(18)19)15-9(17)4-16-6-13-5-14-16/h1-3,5-6H,4H2,(H,15,17)(H,18,19). The summed E-state index contributed by atoms with van der Waals surface area (Å²) in [5.41, 5.74) is -0.674. The Labute approximate surface area is 106 Å². The second-order valence-electron chi connectivity index (χ2n) is 3.61. The van der Waals surface area contributed by atoms with Crippen molar-refractivity contribution in [2.45, 2.75) is 6.54 Å². The van der Waals surface area contributed by atoms with Gasteiger partial charge >= 0.3 is 5.97 Å². The Balaban J connectivity index is 2.17. The van der Waals surface area contributed by atoms with Crippen LogP contribution in [0.5, 0.6) is 0 Å². The Morgan fingerprint density at radius 3 is 2.84 bits per heavy atom. The van der Waals surface area contributed by atoms with Crippen LogP contribution in [0.15, 0.2) is 30.9 Å². The molecule has 2 N–H and O–H groups in total. The predicted molar refractivity (Wildman–Crippen MR) is 62.0 cm³/mol. The van der Waals surface area contributed by atoms with E-state index in [2.05, 4.69) is 15.4 Å². The number of anilines is 1. The largest absolute Gasteiger partial charge is 0.478 e. The first kappa shape index (κ1) is 12.7. The van der Waals surface area contributed by atoms with Gasteiger partial charge in [0.05, 0.1) is 5.69 Å². The molecule has 1 amide bonds. The number of aromatic carboxylic acids is 1. The Morgan fingerprint density at radius 2 is 2.21 bits per heavy atom. The highest BCUT2D eigenvalue weighted by Gasteiger charge is 2.17. The number of hydrogen-bond acceptors (Lipinski definition) is 4. The summed E-state index contributed by atoms with van der Waals surface area (Å²) in [6.07, 6.45) is 2.60. The Hall–Kier alpha value is -2.77. The van der Waals surface area contributed by atoms with E-state index in [4.69, 9.17) is 5.11 Å². The van der Waals surface area contributed by atoms with E-state index in [1.165, 1.54) is 29.5 Å². The Kier molecular flexibility index (Phi) is 3.51. The molecule has 7 nitrogen and oxygen atoms in total. The third-order valence-electron chi connectivity index (χ3n) is 2.27. The lowest BCUT2D eigenvalue weighted by Gasteiger charge is -2.08. The number of nitrogens with one attached hydrogen (secondary N) is 1. The van der Waals surface area contributed by atoms with Gasteiger partial charge in [0.1, 0.15) is 30.6 Å². The van der Waals surface area contributed by atoms with Crippen molar-refractivity contribution in [2.75, 3.05) is 5.32 Å². The Bertz CT molecular complexity index is 612. The summed E-state index contributed by atoms with van der Waals surface area (Å²) in [5, 5.41) is 14.9. The van der Waals surface area contributed by atoms with Gasteiger partial charge in [-0.25, -0.2) is 18.9 Å². The quantitative estimate of drug-likeness (QED) is 0.849. The van der Waals surface area contributed by atoms with E-state index in [-0.39, 0.29) is 12.2 Å². The first-order chi connectivity index (χ1) is 9.08. The van der Waals surface area contributed by atoms with Gasteiger partial charge in [0.2, 0.25) is 5.91 Å². The molecule has 19 heavy (non-hydrogen) atoms. The van der Waals surface area contributed by atoms with Crippen LogP contribution in [0.1, 0.15) is 10.4 Å². The van der Waals surface area contributed by atoms with Gasteiger partial charge < -0.3 is 10.4 Å². The molecule has 0 saturated carbocycles. The number of halogens is 1. The maximum absolute atomic E-state index is 13.4. The van der Waals surface area contributed by atoms with Crippen molar-refractivity contribution in [2.24, 2.45) is 0 Å². The summed E-state index contributed by atoms with van der Waals surface area (Å²) in [7, 11) is 0. The zero-order valence-electron chi connectivity index (χ0n) is 9.58. The summed E-state index contributed by atoms with van der Waals surface area (Å²) in [6.45, 7) is -0.143. The molecule has 0 aliphatic carbocycles. The first-order valence-electron chi connectivity index (χ1n) is 5.22. The Morgan fingerprint density at radius 1 is 1.42 bits per heavy atom. The molecule has 0 spiro atoms. The number of carbonyl (C=O) groups excluding carboxylic acids is 1. The minimum absolute atomic E-state index is 0.0994. The fourth-order valence-electron chi connectivity index (χ4n) is 1.50. The second-order valence-corrected chi connectivity index (χ2v) is 3.61. The van der Waals surface area contributed by atoms with E-state index in [1.807, 2.05) is 0 Å². The summed E-state index contributed by atoms with van der Waals surface area (Å²) in [6, 6.07) is 3.63. The van der Waals surface area contributed by atoms with Gasteiger partial charge in [-0.1, -0.05) is 6.07 Å². The first-order valence-corrected chi connectivity index (χ1v) is 5.22. The minimum atomic E-state index is -1.45. The zero-order chi connectivity index (χ0) is 13.8. The van der Waals surface area contributed by atoms with E-state index in [0.29, 0.717) is 0 Å². The minimum Gasteiger partial charge on any atom is -0.478 e. The van der Waals surface area contributed by atoms with Crippen molar-refractivity contribution in [3.05, 3.63) is 42.2 Å². The van der Waals surface area contributed by atoms with Gasteiger partial charge in [0.25, 0.3) is 0 Å². The molecule has 0 aliphatic heterocycles. The van der Waals surface area contributed by atoms with Crippen LogP contribution in [0.3, 0.4) is 0 Å². The maximum atomic E-state index is 13.4. The van der Waals surface area contributed by atoms with Crippen molar-refractivity contribution >= 4 is 17.6 Å². The van der Waals surface area contributed by atoms with Crippen LogP contribution in [0.4, 0.5) is 10.1 Å². The van der Waals surface area contributed by atoms with Gasteiger partial charge in [-0.3, -0.25) is 4.79 Å². The van der Waals surface area contributed by atoms with Crippen LogP contribution in [0.25, 0.3) is 0 Å². The van der Waals surface area contributed by atoms with Crippen molar-refractivity contribution < 1.29 is 19.1 Å². The molecule has 0 atom stereocenters. The van der Waals surface area contributed by atoms with E-state index < -0.39 is 23.3 Å². The van der Waals surface area contributed by atoms with Gasteiger partial charge in [0, 0.05) is 0 Å². The number of rotatable bonds is 4. The molecular formula is C11H9FN4O3. The molecule has 0 fully saturated rings. The molecule has 1 aromatic carbocycles. The third-order valence-corrected chi connectivity index (χ3v) is 2.27. The molecule has 0 saturated heterocycles. The van der Waals surface area contributed by atoms with Crippen LogP contribution in [-0.2, 0) is 11.3 Å². The lowest BCUT2D eigenvalue weighted by atomic mass is 10.1. The average Bonchev–Trinajstić information content (AvgIpc) is 2.81. The average molecular weight is 264 g/mol. The van der Waals surface area contributed by atoms with Gasteiger partial charge in [-0.05, 0) is 12.1 Å². The van der Waals surface area contributed by atoms with E-state index in [0.717, 1.165) is 6.07 Å². The fourth-order valence-corrected chi connectivity index (χ4v) is 1.50. The van der Waals surface area contributed by atoms with Crippen molar-refractivity contribution in [3.8, 4) is 0 Å². The van der Waals surface area contributed by atoms with Crippen LogP contribution < -0.4 is 5.32 Å². The number of amides is 1. The van der Waals surface area contributed by atoms with Crippen LogP contribution >= 0.6 is 0 Å². The van der Waals surface area contributed by atoms with E-state index in [1.54, 1.807) is 0 Å². The normalized spacial score (nSPS) is 10.2. The summed E-state index contributed by atoms with van der Waals surface area (Å²) < 4.78 is 14.6. The van der Waals surface area contributed by atoms with Crippen molar-refractivity contribution in [3.63, 3.8) is 0 Å². The molecule has 8 heteroatoms. The van der Waals surface area contributed by atoms with E-state index >= 15 is 0 Å². The number of hydrogen-bond donors (Lipinski definition) is 2. The second kappa shape index (κ2) is 5.25. The smallest absolute Gasteiger partial charge is 0.340 e. The number of carboxylic acid groups (broad SMARTS) is 1. The van der Waals surface area contributed by atoms with Crippen molar-refractivity contribution in [1.82, 2.24) is 14.8 Å². The lowest BCUT2D eigenvalue weighted by Crippen LogP contribution is -2.21. The predicted octanol–water partition coefficient (Wildman–Crippen LogP) is 0.754. The molecular weight excluding hydrogens is 255 g/mol. The lowest BCUT2D eigenvalue weighted by molar-refractivity contribution is -0.116. The molecule has 2 aromatic rings. The molecule has 0 aliphatic rings. The van der Waals surface area contributed by atoms with Crippen LogP contribution in [0.2, 0.25) is 0 Å². The topological polar surface area (TPSA) is 97.1 Å². The number of aromatic nitrogens is 3. The van der Waals surface area contributed by atoms with Crippen LogP contribution in [0, 0.1) is 5.82 Å². The molecule has 1 aromatic heterocycles. The number of nitrogens with zero attached hydrogens (tertiary/aromatic N) is 3. The molecule has 98 valence electrons. The monoisotopic (exact) mass is 264 g/mol. The third kappa shape index (κ3) is 2.92. The molecule has 0 unspecified atom stereocenters. The summed E-state index contributed by atoms with van der Waals surface area (Å²) in [4.78, 5) is 26.2. The maximum Gasteiger partial charge on any atom is 0.340 e. The highest BCUT2D eigenvalue weighted by atomic mass is 19.1. The number of carboxylic acids is 1. The molecule has 2 rings (SSSR count). The highest BCUT2D eigenvalue weighted by molar-refractivity contribution is 6.00. The molecule has 1 heterocycles. The number of benzene rings is 1. The molecule has 0 radical (unpaired) electrons. The SMILES string of the molecule is O=C(Cn1cncn1)Nc1cccc(F)c1C(=O)O. The molecule has 0 bridgehead atoms. The van der Waals surface area contributed by atoms with Gasteiger partial charge in [-0.2, -0.15) is 5.10 Å². The fraction of sp³-hybridized carbons (Fsp3) is 0.0909.